The van der Waals surface area contributed by atoms with Crippen LogP contribution in [0.3, 0.4) is 0 Å². The summed E-state index contributed by atoms with van der Waals surface area (Å²) in [4.78, 5) is 22.8. The Labute approximate surface area is 181 Å². The van der Waals surface area contributed by atoms with E-state index in [1.54, 1.807) is 21.3 Å². The van der Waals surface area contributed by atoms with Crippen molar-refractivity contribution < 1.29 is 19.0 Å². The van der Waals surface area contributed by atoms with Crippen molar-refractivity contribution in [2.75, 3.05) is 33.2 Å². The number of fused-ring (bicyclic) bond motifs is 1. The van der Waals surface area contributed by atoms with Crippen LogP contribution < -0.4 is 19.5 Å². The third-order valence-electron chi connectivity index (χ3n) is 5.53. The molecule has 1 aromatic heterocycles. The van der Waals surface area contributed by atoms with Crippen LogP contribution in [-0.2, 0) is 17.9 Å². The van der Waals surface area contributed by atoms with Gasteiger partial charge in [0.1, 0.15) is 17.7 Å². The van der Waals surface area contributed by atoms with Gasteiger partial charge in [-0.3, -0.25) is 4.79 Å². The Hall–Kier alpha value is -3.55. The van der Waals surface area contributed by atoms with E-state index in [1.165, 1.54) is 6.33 Å². The molecule has 1 aliphatic rings. The van der Waals surface area contributed by atoms with Gasteiger partial charge in [0.15, 0.2) is 11.5 Å². The normalized spacial score (nSPS) is 13.5. The van der Waals surface area contributed by atoms with Crippen LogP contribution in [-0.4, -0.2) is 48.6 Å². The van der Waals surface area contributed by atoms with E-state index in [0.29, 0.717) is 48.1 Å². The number of hydrogen-bond donors (Lipinski definition) is 1. The maximum atomic E-state index is 12.0. The number of hydrogen-bond acceptors (Lipinski definition) is 7. The molecule has 31 heavy (non-hydrogen) atoms. The third-order valence-corrected chi connectivity index (χ3v) is 5.53. The number of methoxy groups -OCH3 is 3. The Morgan fingerprint density at radius 1 is 1.03 bits per heavy atom. The fraction of sp³-hybridized carbons (Fsp3) is 0.348. The second kappa shape index (κ2) is 9.07. The quantitative estimate of drug-likeness (QED) is 0.595. The van der Waals surface area contributed by atoms with Gasteiger partial charge in [-0.05, 0) is 23.6 Å². The number of aromatic nitrogens is 2. The average Bonchev–Trinajstić information content (AvgIpc) is 3.21. The van der Waals surface area contributed by atoms with Gasteiger partial charge in [-0.2, -0.15) is 0 Å². The molecule has 1 N–H and O–H groups in total. The van der Waals surface area contributed by atoms with E-state index in [4.69, 9.17) is 14.2 Å². The molecule has 0 spiro atoms. The summed E-state index contributed by atoms with van der Waals surface area (Å²) < 4.78 is 16.5. The van der Waals surface area contributed by atoms with E-state index in [2.05, 4.69) is 27.4 Å². The Balaban J connectivity index is 1.64. The molecule has 8 heteroatoms. The van der Waals surface area contributed by atoms with Crippen molar-refractivity contribution in [2.24, 2.45) is 0 Å². The van der Waals surface area contributed by atoms with Crippen LogP contribution in [0.4, 0.5) is 5.82 Å². The Morgan fingerprint density at radius 3 is 2.48 bits per heavy atom. The van der Waals surface area contributed by atoms with Crippen molar-refractivity contribution in [3.63, 3.8) is 0 Å². The molecule has 0 unspecified atom stereocenters. The van der Waals surface area contributed by atoms with E-state index in [1.807, 2.05) is 23.1 Å². The van der Waals surface area contributed by atoms with Gasteiger partial charge in [0, 0.05) is 26.1 Å². The lowest BCUT2D eigenvalue weighted by molar-refractivity contribution is -0.128. The molecule has 0 atom stereocenters. The van der Waals surface area contributed by atoms with Crippen LogP contribution in [0.5, 0.6) is 17.2 Å². The lowest BCUT2D eigenvalue weighted by Gasteiger charge is -2.19. The minimum absolute atomic E-state index is 0.220. The molecule has 162 valence electrons. The standard InChI is InChI=1S/C23H26N4O4/c1-29-18-11-17-20(22(31-3)21(18)30-2)25-14-26-23(17)24-12-15-7-4-5-8-16(15)13-27-10-6-9-19(27)28/h4-5,7-8,11,14H,6,9-10,12-13H2,1-3H3,(H,24,25,26). The summed E-state index contributed by atoms with van der Waals surface area (Å²) in [7, 11) is 4.71. The van der Waals surface area contributed by atoms with Gasteiger partial charge >= 0.3 is 0 Å². The predicted molar refractivity (Wildman–Crippen MR) is 118 cm³/mol. The van der Waals surface area contributed by atoms with Crippen LogP contribution >= 0.6 is 0 Å². The van der Waals surface area contributed by atoms with Crippen LogP contribution in [0.15, 0.2) is 36.7 Å². The second-order valence-electron chi connectivity index (χ2n) is 7.30. The number of carbonyl (C=O) groups excluding carboxylic acids is 1. The first kappa shape index (κ1) is 20.7. The number of benzene rings is 2. The van der Waals surface area contributed by atoms with Crippen LogP contribution in [0, 0.1) is 0 Å². The molecule has 1 saturated heterocycles. The highest BCUT2D eigenvalue weighted by atomic mass is 16.5. The van der Waals surface area contributed by atoms with E-state index in [-0.39, 0.29) is 5.91 Å². The molecule has 4 rings (SSSR count). The first-order valence-electron chi connectivity index (χ1n) is 10.2. The number of rotatable bonds is 8. The topological polar surface area (TPSA) is 85.8 Å². The molecule has 2 aromatic carbocycles. The maximum absolute atomic E-state index is 12.0. The zero-order valence-electron chi connectivity index (χ0n) is 18.0. The van der Waals surface area contributed by atoms with Crippen LogP contribution in [0.25, 0.3) is 10.9 Å². The lowest BCUT2D eigenvalue weighted by atomic mass is 10.1. The van der Waals surface area contributed by atoms with Crippen molar-refractivity contribution in [1.82, 2.24) is 14.9 Å². The van der Waals surface area contributed by atoms with Gasteiger partial charge in [-0.25, -0.2) is 9.97 Å². The number of nitrogens with zero attached hydrogens (tertiary/aromatic N) is 3. The summed E-state index contributed by atoms with van der Waals surface area (Å²) in [5.41, 5.74) is 2.87. The summed E-state index contributed by atoms with van der Waals surface area (Å²) >= 11 is 0. The fourth-order valence-corrected chi connectivity index (χ4v) is 3.94. The molecule has 0 saturated carbocycles. The Morgan fingerprint density at radius 2 is 1.81 bits per heavy atom. The van der Waals surface area contributed by atoms with E-state index in [9.17, 15) is 4.79 Å². The first-order valence-corrected chi connectivity index (χ1v) is 10.2. The number of likely N-dealkylation sites (tertiary alicyclic amines) is 1. The molecule has 1 fully saturated rings. The Kier molecular flexibility index (Phi) is 6.06. The zero-order chi connectivity index (χ0) is 21.8. The van der Waals surface area contributed by atoms with Crippen LogP contribution in [0.1, 0.15) is 24.0 Å². The first-order chi connectivity index (χ1) is 15.2. The number of anilines is 1. The molecule has 0 aliphatic carbocycles. The number of amides is 1. The van der Waals surface area contributed by atoms with Crippen molar-refractivity contribution in [3.05, 3.63) is 47.8 Å². The van der Waals surface area contributed by atoms with Gasteiger partial charge in [-0.1, -0.05) is 24.3 Å². The van der Waals surface area contributed by atoms with Crippen molar-refractivity contribution >= 4 is 22.6 Å². The molecule has 1 amide bonds. The minimum atomic E-state index is 0.220. The summed E-state index contributed by atoms with van der Waals surface area (Å²) in [5.74, 6) is 2.41. The monoisotopic (exact) mass is 422 g/mol. The SMILES string of the molecule is COc1cc2c(NCc3ccccc3CN3CCCC3=O)ncnc2c(OC)c1OC. The van der Waals surface area contributed by atoms with Crippen LogP contribution in [0.2, 0.25) is 0 Å². The number of carbonyl (C=O) groups is 1. The van der Waals surface area contributed by atoms with Gasteiger partial charge in [0.05, 0.1) is 26.7 Å². The molecular formula is C23H26N4O4. The predicted octanol–water partition coefficient (Wildman–Crippen LogP) is 3.39. The van der Waals surface area contributed by atoms with Gasteiger partial charge in [0.2, 0.25) is 11.7 Å². The summed E-state index contributed by atoms with van der Waals surface area (Å²) in [6.45, 7) is 2.00. The highest BCUT2D eigenvalue weighted by Crippen LogP contribution is 2.43. The van der Waals surface area contributed by atoms with Crippen molar-refractivity contribution in [3.8, 4) is 17.2 Å². The van der Waals surface area contributed by atoms with E-state index in [0.717, 1.165) is 29.5 Å². The maximum Gasteiger partial charge on any atom is 0.222 e. The molecule has 0 bridgehead atoms. The third kappa shape index (κ3) is 4.05. The molecular weight excluding hydrogens is 396 g/mol. The fourth-order valence-electron chi connectivity index (χ4n) is 3.94. The van der Waals surface area contributed by atoms with Gasteiger partial charge in [0.25, 0.3) is 0 Å². The summed E-state index contributed by atoms with van der Waals surface area (Å²) in [6, 6.07) is 9.98. The zero-order valence-corrected chi connectivity index (χ0v) is 18.0. The Bertz CT molecular complexity index is 1100. The summed E-state index contributed by atoms with van der Waals surface area (Å²) in [5, 5.41) is 4.18. The number of ether oxygens (including phenoxy) is 3. The van der Waals surface area contributed by atoms with Gasteiger partial charge < -0.3 is 24.4 Å². The summed E-state index contributed by atoms with van der Waals surface area (Å²) in [6.07, 6.45) is 3.06. The molecule has 3 aromatic rings. The smallest absolute Gasteiger partial charge is 0.222 e. The second-order valence-corrected chi connectivity index (χ2v) is 7.30. The van der Waals surface area contributed by atoms with E-state index < -0.39 is 0 Å². The minimum Gasteiger partial charge on any atom is -0.493 e. The lowest BCUT2D eigenvalue weighted by Crippen LogP contribution is -2.24. The molecule has 2 heterocycles. The molecule has 0 radical (unpaired) electrons. The molecule has 1 aliphatic heterocycles. The highest BCUT2D eigenvalue weighted by molar-refractivity contribution is 5.96. The van der Waals surface area contributed by atoms with Crippen molar-refractivity contribution in [2.45, 2.75) is 25.9 Å². The number of nitrogens with one attached hydrogen (secondary N) is 1. The van der Waals surface area contributed by atoms with Crippen molar-refractivity contribution in [1.29, 1.82) is 0 Å². The van der Waals surface area contributed by atoms with Gasteiger partial charge in [-0.15, -0.1) is 0 Å². The molecule has 8 nitrogen and oxygen atoms in total. The van der Waals surface area contributed by atoms with E-state index >= 15 is 0 Å². The highest BCUT2D eigenvalue weighted by Gasteiger charge is 2.22. The largest absolute Gasteiger partial charge is 0.493 e. The average molecular weight is 422 g/mol.